The Bertz CT molecular complexity index is 1280. The van der Waals surface area contributed by atoms with Gasteiger partial charge in [-0.1, -0.05) is 18.2 Å². The van der Waals surface area contributed by atoms with E-state index in [-0.39, 0.29) is 16.7 Å². The van der Waals surface area contributed by atoms with Gasteiger partial charge < -0.3 is 14.7 Å². The smallest absolute Gasteiger partial charge is 0.291 e. The first-order valence-electron chi connectivity index (χ1n) is 7.99. The third-order valence-corrected chi connectivity index (χ3v) is 4.17. The number of aryl methyl sites for hydroxylation is 1. The van der Waals surface area contributed by atoms with Gasteiger partial charge in [0, 0.05) is 23.2 Å². The number of amides is 1. The van der Waals surface area contributed by atoms with Gasteiger partial charge in [-0.3, -0.25) is 14.4 Å². The second-order valence-electron chi connectivity index (χ2n) is 6.00. The quantitative estimate of drug-likeness (QED) is 0.583. The van der Waals surface area contributed by atoms with E-state index < -0.39 is 5.91 Å². The summed E-state index contributed by atoms with van der Waals surface area (Å²) in [6.45, 7) is 1.85. The standard InChI is InChI=1S/C20H14N2O4/c1-11-8-19(24)22-15-9-12(6-7-13(11)15)21-20(25)18-10-16(23)14-4-2-3-5-17(14)26-18/h2-10H,1H3,(H,21,25)(H,22,24). The van der Waals surface area contributed by atoms with Crippen LogP contribution >= 0.6 is 0 Å². The molecule has 0 spiro atoms. The molecule has 0 bridgehead atoms. The second-order valence-corrected chi connectivity index (χ2v) is 6.00. The normalized spacial score (nSPS) is 11.0. The Morgan fingerprint density at radius 1 is 1.00 bits per heavy atom. The van der Waals surface area contributed by atoms with Gasteiger partial charge in [-0.05, 0) is 36.8 Å². The highest BCUT2D eigenvalue weighted by atomic mass is 16.3. The number of nitrogens with one attached hydrogen (secondary N) is 2. The number of benzene rings is 2. The first-order valence-corrected chi connectivity index (χ1v) is 7.99. The minimum atomic E-state index is -0.540. The van der Waals surface area contributed by atoms with E-state index >= 15 is 0 Å². The van der Waals surface area contributed by atoms with Gasteiger partial charge in [0.15, 0.2) is 11.2 Å². The molecule has 6 nitrogen and oxygen atoms in total. The summed E-state index contributed by atoms with van der Waals surface area (Å²) >= 11 is 0. The van der Waals surface area contributed by atoms with Crippen molar-refractivity contribution in [1.82, 2.24) is 4.98 Å². The van der Waals surface area contributed by atoms with Gasteiger partial charge in [0.05, 0.1) is 10.9 Å². The number of rotatable bonds is 2. The largest absolute Gasteiger partial charge is 0.451 e. The third kappa shape index (κ3) is 2.77. The summed E-state index contributed by atoms with van der Waals surface area (Å²) in [5, 5.41) is 4.00. The monoisotopic (exact) mass is 346 g/mol. The molecule has 2 aromatic heterocycles. The highest BCUT2D eigenvalue weighted by Gasteiger charge is 2.13. The molecule has 2 N–H and O–H groups in total. The summed E-state index contributed by atoms with van der Waals surface area (Å²) < 4.78 is 5.53. The number of aromatic amines is 1. The van der Waals surface area contributed by atoms with Crippen molar-refractivity contribution < 1.29 is 9.21 Å². The van der Waals surface area contributed by atoms with Gasteiger partial charge in [-0.2, -0.15) is 0 Å². The average Bonchev–Trinajstić information content (AvgIpc) is 2.61. The molecule has 128 valence electrons. The van der Waals surface area contributed by atoms with Gasteiger partial charge in [0.1, 0.15) is 5.58 Å². The Labute approximate surface area is 147 Å². The van der Waals surface area contributed by atoms with E-state index in [4.69, 9.17) is 4.42 Å². The number of aromatic nitrogens is 1. The van der Waals surface area contributed by atoms with Gasteiger partial charge >= 0.3 is 0 Å². The van der Waals surface area contributed by atoms with Crippen molar-refractivity contribution >= 4 is 33.5 Å². The van der Waals surface area contributed by atoms with Gasteiger partial charge in [0.2, 0.25) is 5.56 Å². The predicted octanol–water partition coefficient (Wildman–Crippen LogP) is 3.20. The Morgan fingerprint density at radius 2 is 1.81 bits per heavy atom. The van der Waals surface area contributed by atoms with Crippen LogP contribution < -0.4 is 16.3 Å². The number of carbonyl (C=O) groups excluding carboxylic acids is 1. The Kier molecular flexibility index (Phi) is 3.65. The number of para-hydroxylation sites is 1. The topological polar surface area (TPSA) is 92.2 Å². The molecule has 6 heteroatoms. The highest BCUT2D eigenvalue weighted by molar-refractivity contribution is 6.04. The SMILES string of the molecule is Cc1cc(=O)[nH]c2cc(NC(=O)c3cc(=O)c4ccccc4o3)ccc12. The van der Waals surface area contributed by atoms with E-state index in [0.717, 1.165) is 10.9 Å². The second kappa shape index (κ2) is 6.00. The number of fused-ring (bicyclic) bond motifs is 2. The van der Waals surface area contributed by atoms with Crippen LogP contribution in [0.4, 0.5) is 5.69 Å². The zero-order chi connectivity index (χ0) is 18.3. The molecule has 0 radical (unpaired) electrons. The maximum atomic E-state index is 12.5. The fourth-order valence-corrected chi connectivity index (χ4v) is 2.92. The molecule has 0 unspecified atom stereocenters. The molecule has 0 fully saturated rings. The molecule has 2 heterocycles. The highest BCUT2D eigenvalue weighted by Crippen LogP contribution is 2.20. The zero-order valence-corrected chi connectivity index (χ0v) is 13.8. The summed E-state index contributed by atoms with van der Waals surface area (Å²) in [5.74, 6) is -0.617. The van der Waals surface area contributed by atoms with Crippen molar-refractivity contribution in [3.8, 4) is 0 Å². The van der Waals surface area contributed by atoms with Crippen molar-refractivity contribution in [2.45, 2.75) is 6.92 Å². The maximum Gasteiger partial charge on any atom is 0.291 e. The number of hydrogen-bond donors (Lipinski definition) is 2. The van der Waals surface area contributed by atoms with Crippen molar-refractivity contribution in [3.05, 3.63) is 86.5 Å². The van der Waals surface area contributed by atoms with E-state index in [1.54, 1.807) is 36.4 Å². The average molecular weight is 346 g/mol. The molecule has 1 amide bonds. The van der Waals surface area contributed by atoms with Gasteiger partial charge in [-0.25, -0.2) is 0 Å². The van der Waals surface area contributed by atoms with Crippen molar-refractivity contribution in [2.24, 2.45) is 0 Å². The van der Waals surface area contributed by atoms with Crippen molar-refractivity contribution in [1.29, 1.82) is 0 Å². The zero-order valence-electron chi connectivity index (χ0n) is 13.8. The molecular weight excluding hydrogens is 332 g/mol. The van der Waals surface area contributed by atoms with Crippen LogP contribution in [0.15, 0.2) is 68.6 Å². The van der Waals surface area contributed by atoms with Gasteiger partial charge in [0.25, 0.3) is 5.91 Å². The van der Waals surface area contributed by atoms with E-state index in [1.807, 2.05) is 13.0 Å². The van der Waals surface area contributed by atoms with Crippen LogP contribution in [0.5, 0.6) is 0 Å². The number of anilines is 1. The molecule has 0 atom stereocenters. The number of pyridine rings is 1. The van der Waals surface area contributed by atoms with Crippen LogP contribution in [0.1, 0.15) is 16.1 Å². The summed E-state index contributed by atoms with van der Waals surface area (Å²) in [4.78, 5) is 39.0. The van der Waals surface area contributed by atoms with Crippen molar-refractivity contribution in [2.75, 3.05) is 5.32 Å². The lowest BCUT2D eigenvalue weighted by atomic mass is 10.1. The summed E-state index contributed by atoms with van der Waals surface area (Å²) in [7, 11) is 0. The lowest BCUT2D eigenvalue weighted by Gasteiger charge is -2.08. The number of hydrogen-bond acceptors (Lipinski definition) is 4. The van der Waals surface area contributed by atoms with Gasteiger partial charge in [-0.15, -0.1) is 0 Å². The molecular formula is C20H14N2O4. The van der Waals surface area contributed by atoms with Crippen molar-refractivity contribution in [3.63, 3.8) is 0 Å². The first-order chi connectivity index (χ1) is 12.5. The minimum absolute atomic E-state index is 0.0773. The van der Waals surface area contributed by atoms with Crippen LogP contribution in [0, 0.1) is 6.92 Å². The minimum Gasteiger partial charge on any atom is -0.451 e. The molecule has 0 aliphatic heterocycles. The number of H-pyrrole nitrogens is 1. The molecule has 26 heavy (non-hydrogen) atoms. The molecule has 0 saturated carbocycles. The van der Waals surface area contributed by atoms with E-state index in [1.165, 1.54) is 12.1 Å². The van der Waals surface area contributed by atoms with Crippen LogP contribution in [-0.4, -0.2) is 10.9 Å². The van der Waals surface area contributed by atoms with Crippen LogP contribution in [0.2, 0.25) is 0 Å². The molecule has 4 rings (SSSR count). The van der Waals surface area contributed by atoms with Crippen LogP contribution in [-0.2, 0) is 0 Å². The molecule has 2 aromatic carbocycles. The molecule has 4 aromatic rings. The number of carbonyl (C=O) groups is 1. The summed E-state index contributed by atoms with van der Waals surface area (Å²) in [6, 6.07) is 14.6. The Balaban J connectivity index is 1.71. The molecule has 0 aliphatic carbocycles. The fraction of sp³-hybridized carbons (Fsp3) is 0.0500. The lowest BCUT2D eigenvalue weighted by Crippen LogP contribution is -2.15. The maximum absolute atomic E-state index is 12.5. The Morgan fingerprint density at radius 3 is 2.65 bits per heavy atom. The lowest BCUT2D eigenvalue weighted by molar-refractivity contribution is 0.0997. The van der Waals surface area contributed by atoms with Crippen LogP contribution in [0.25, 0.3) is 21.9 Å². The molecule has 0 saturated heterocycles. The Hall–Kier alpha value is -3.67. The predicted molar refractivity (Wildman–Crippen MR) is 99.7 cm³/mol. The summed E-state index contributed by atoms with van der Waals surface area (Å²) in [5.41, 5.74) is 1.81. The van der Waals surface area contributed by atoms with Crippen LogP contribution in [0.3, 0.4) is 0 Å². The van der Waals surface area contributed by atoms with E-state index in [2.05, 4.69) is 10.3 Å². The summed E-state index contributed by atoms with van der Waals surface area (Å²) in [6.07, 6.45) is 0. The third-order valence-electron chi connectivity index (χ3n) is 4.17. The first kappa shape index (κ1) is 15.8. The van der Waals surface area contributed by atoms with E-state index in [9.17, 15) is 14.4 Å². The molecule has 0 aliphatic rings. The van der Waals surface area contributed by atoms with E-state index in [0.29, 0.717) is 22.2 Å². The fourth-order valence-electron chi connectivity index (χ4n) is 2.92.